The van der Waals surface area contributed by atoms with Crippen LogP contribution in [0, 0.1) is 5.41 Å². The lowest BCUT2D eigenvalue weighted by atomic mass is 9.78. The molecule has 1 fully saturated rings. The zero-order valence-corrected chi connectivity index (χ0v) is 13.3. The molecule has 3 rings (SSSR count). The van der Waals surface area contributed by atoms with E-state index >= 15 is 0 Å². The Morgan fingerprint density at radius 2 is 2.04 bits per heavy atom. The molecule has 0 bridgehead atoms. The molecule has 0 aromatic carbocycles. The van der Waals surface area contributed by atoms with Crippen LogP contribution in [-0.2, 0) is 6.18 Å². The fourth-order valence-electron chi connectivity index (χ4n) is 3.44. The number of hydrogen-bond donors (Lipinski definition) is 0. The van der Waals surface area contributed by atoms with Gasteiger partial charge in [-0.15, -0.1) is 15.3 Å². The monoisotopic (exact) mass is 327 g/mol. The van der Waals surface area contributed by atoms with Crippen LogP contribution in [0.5, 0.6) is 0 Å². The molecule has 0 aliphatic carbocycles. The van der Waals surface area contributed by atoms with E-state index in [0.29, 0.717) is 5.82 Å². The van der Waals surface area contributed by atoms with E-state index in [4.69, 9.17) is 0 Å². The van der Waals surface area contributed by atoms with Crippen molar-refractivity contribution < 1.29 is 13.2 Å². The van der Waals surface area contributed by atoms with E-state index in [1.54, 1.807) is 6.07 Å². The highest BCUT2D eigenvalue weighted by atomic mass is 19.4. The number of nitrogens with zero attached hydrogens (tertiary/aromatic N) is 5. The van der Waals surface area contributed by atoms with Gasteiger partial charge in [0.15, 0.2) is 5.65 Å². The SMILES string of the molecule is CCCC1(C)CCCN(c2ccc3nnc(C(F)(F)F)n3n2)C1. The summed E-state index contributed by atoms with van der Waals surface area (Å²) in [6.45, 7) is 6.01. The average molecular weight is 327 g/mol. The third-order valence-electron chi connectivity index (χ3n) is 4.46. The normalized spacial score (nSPS) is 22.7. The maximum absolute atomic E-state index is 13.0. The van der Waals surface area contributed by atoms with Crippen molar-refractivity contribution in [3.63, 3.8) is 0 Å². The number of halogens is 3. The van der Waals surface area contributed by atoms with Crippen LogP contribution >= 0.6 is 0 Å². The molecule has 0 saturated carbocycles. The van der Waals surface area contributed by atoms with E-state index in [0.717, 1.165) is 43.3 Å². The summed E-state index contributed by atoms with van der Waals surface area (Å²) in [6, 6.07) is 3.26. The Kier molecular flexibility index (Phi) is 3.93. The Morgan fingerprint density at radius 1 is 1.26 bits per heavy atom. The van der Waals surface area contributed by atoms with Crippen molar-refractivity contribution in [1.82, 2.24) is 19.8 Å². The van der Waals surface area contributed by atoms with E-state index in [9.17, 15) is 13.2 Å². The van der Waals surface area contributed by atoms with Gasteiger partial charge >= 0.3 is 6.18 Å². The highest BCUT2D eigenvalue weighted by Gasteiger charge is 2.38. The maximum Gasteiger partial charge on any atom is 0.453 e. The van der Waals surface area contributed by atoms with Gasteiger partial charge in [-0.1, -0.05) is 20.3 Å². The van der Waals surface area contributed by atoms with E-state index in [2.05, 4.69) is 34.0 Å². The van der Waals surface area contributed by atoms with Crippen LogP contribution < -0.4 is 4.90 Å². The topological polar surface area (TPSA) is 46.3 Å². The Labute approximate surface area is 132 Å². The first-order chi connectivity index (χ1) is 10.8. The van der Waals surface area contributed by atoms with Gasteiger partial charge in [0.25, 0.3) is 5.82 Å². The summed E-state index contributed by atoms with van der Waals surface area (Å²) in [5, 5.41) is 10.9. The lowest BCUT2D eigenvalue weighted by molar-refractivity contribution is -0.146. The van der Waals surface area contributed by atoms with Crippen molar-refractivity contribution >= 4 is 11.5 Å². The lowest BCUT2D eigenvalue weighted by Gasteiger charge is -2.41. The number of anilines is 1. The molecule has 1 unspecified atom stereocenters. The molecule has 23 heavy (non-hydrogen) atoms. The molecular weight excluding hydrogens is 307 g/mol. The number of hydrogen-bond acceptors (Lipinski definition) is 4. The van der Waals surface area contributed by atoms with E-state index in [-0.39, 0.29) is 11.1 Å². The number of piperidine rings is 1. The molecule has 126 valence electrons. The second kappa shape index (κ2) is 5.65. The van der Waals surface area contributed by atoms with Crippen molar-refractivity contribution in [3.8, 4) is 0 Å². The van der Waals surface area contributed by atoms with Crippen LogP contribution in [0.2, 0.25) is 0 Å². The first-order valence-corrected chi connectivity index (χ1v) is 7.87. The van der Waals surface area contributed by atoms with Gasteiger partial charge in [0.1, 0.15) is 5.82 Å². The molecule has 3 heterocycles. The number of aromatic nitrogens is 4. The molecule has 0 N–H and O–H groups in total. The highest BCUT2D eigenvalue weighted by molar-refractivity contribution is 5.46. The second-order valence-electron chi connectivity index (χ2n) is 6.57. The van der Waals surface area contributed by atoms with Crippen LogP contribution in [0.15, 0.2) is 12.1 Å². The Bertz CT molecular complexity index is 692. The van der Waals surface area contributed by atoms with Gasteiger partial charge in [-0.05, 0) is 36.8 Å². The molecule has 0 radical (unpaired) electrons. The summed E-state index contributed by atoms with van der Waals surface area (Å²) in [6.07, 6.45) is -0.207. The fraction of sp³-hybridized carbons (Fsp3) is 0.667. The van der Waals surface area contributed by atoms with Crippen molar-refractivity contribution in [1.29, 1.82) is 0 Å². The van der Waals surface area contributed by atoms with Gasteiger partial charge in [0, 0.05) is 13.1 Å². The van der Waals surface area contributed by atoms with Crippen LogP contribution in [-0.4, -0.2) is 32.9 Å². The smallest absolute Gasteiger partial charge is 0.355 e. The minimum atomic E-state index is -4.57. The predicted octanol–water partition coefficient (Wildman–Crippen LogP) is 3.55. The molecule has 5 nitrogen and oxygen atoms in total. The fourth-order valence-corrected chi connectivity index (χ4v) is 3.44. The summed E-state index contributed by atoms with van der Waals surface area (Å²) in [4.78, 5) is 2.07. The minimum Gasteiger partial charge on any atom is -0.355 e. The predicted molar refractivity (Wildman–Crippen MR) is 80.2 cm³/mol. The molecule has 8 heteroatoms. The highest BCUT2D eigenvalue weighted by Crippen LogP contribution is 2.35. The quantitative estimate of drug-likeness (QED) is 0.865. The van der Waals surface area contributed by atoms with Crippen LogP contribution in [0.4, 0.5) is 19.0 Å². The molecule has 0 amide bonds. The molecule has 2 aromatic rings. The third-order valence-corrected chi connectivity index (χ3v) is 4.46. The molecule has 1 saturated heterocycles. The van der Waals surface area contributed by atoms with Gasteiger partial charge in [0.05, 0.1) is 0 Å². The number of rotatable bonds is 3. The van der Waals surface area contributed by atoms with Crippen molar-refractivity contribution in [3.05, 3.63) is 18.0 Å². The van der Waals surface area contributed by atoms with Crippen LogP contribution in [0.25, 0.3) is 5.65 Å². The summed E-state index contributed by atoms with van der Waals surface area (Å²) < 4.78 is 39.7. The van der Waals surface area contributed by atoms with Gasteiger partial charge in [-0.2, -0.15) is 17.7 Å². The maximum atomic E-state index is 13.0. The van der Waals surface area contributed by atoms with E-state index in [1.807, 2.05) is 0 Å². The zero-order valence-electron chi connectivity index (χ0n) is 13.3. The number of fused-ring (bicyclic) bond motifs is 1. The second-order valence-corrected chi connectivity index (χ2v) is 6.57. The molecule has 1 atom stereocenters. The van der Waals surface area contributed by atoms with Gasteiger partial charge in [-0.25, -0.2) is 0 Å². The van der Waals surface area contributed by atoms with Gasteiger partial charge in [-0.3, -0.25) is 0 Å². The van der Waals surface area contributed by atoms with Crippen molar-refractivity contribution in [2.24, 2.45) is 5.41 Å². The van der Waals surface area contributed by atoms with E-state index < -0.39 is 12.0 Å². The van der Waals surface area contributed by atoms with Gasteiger partial charge < -0.3 is 4.90 Å². The van der Waals surface area contributed by atoms with Crippen molar-refractivity contribution in [2.75, 3.05) is 18.0 Å². The summed E-state index contributed by atoms with van der Waals surface area (Å²) in [7, 11) is 0. The first kappa shape index (κ1) is 16.0. The first-order valence-electron chi connectivity index (χ1n) is 7.87. The molecule has 1 aliphatic rings. The molecule has 1 aliphatic heterocycles. The zero-order chi connectivity index (χ0) is 16.7. The molecule has 2 aromatic heterocycles. The van der Waals surface area contributed by atoms with Crippen LogP contribution in [0.3, 0.4) is 0 Å². The van der Waals surface area contributed by atoms with Crippen LogP contribution in [0.1, 0.15) is 45.4 Å². The van der Waals surface area contributed by atoms with Crippen molar-refractivity contribution in [2.45, 2.75) is 45.7 Å². The van der Waals surface area contributed by atoms with Gasteiger partial charge in [0.2, 0.25) is 0 Å². The Morgan fingerprint density at radius 3 is 2.74 bits per heavy atom. The average Bonchev–Trinajstić information content (AvgIpc) is 2.90. The Hall–Kier alpha value is -1.86. The minimum absolute atomic E-state index is 0.106. The Balaban J connectivity index is 1.94. The summed E-state index contributed by atoms with van der Waals surface area (Å²) in [5.41, 5.74) is 0.290. The lowest BCUT2D eigenvalue weighted by Crippen LogP contribution is -2.42. The van der Waals surface area contributed by atoms with E-state index in [1.165, 1.54) is 6.07 Å². The summed E-state index contributed by atoms with van der Waals surface area (Å²) in [5.74, 6) is -0.535. The largest absolute Gasteiger partial charge is 0.453 e. The molecule has 0 spiro atoms. The third kappa shape index (κ3) is 3.11. The standard InChI is InChI=1S/C15H20F3N5/c1-3-7-14(2)8-4-9-22(10-14)12-6-5-11-19-20-13(15(16,17)18)23(11)21-12/h5-6H,3-4,7-10H2,1-2H3. The molecular formula is C15H20F3N5. The number of alkyl halides is 3. The summed E-state index contributed by atoms with van der Waals surface area (Å²) >= 11 is 0.